The maximum Gasteiger partial charge on any atom is 0.173 e. The average molecular weight is 350 g/mol. The normalized spacial score (nSPS) is 14.5. The predicted octanol–water partition coefficient (Wildman–Crippen LogP) is 2.53. The maximum atomic E-state index is 14.9. The van der Waals surface area contributed by atoms with Gasteiger partial charge in [-0.05, 0) is 53.1 Å². The lowest BCUT2D eigenvalue weighted by atomic mass is 9.94. The van der Waals surface area contributed by atoms with Crippen LogP contribution in [0.5, 0.6) is 5.75 Å². The van der Waals surface area contributed by atoms with E-state index in [2.05, 4.69) is 9.24 Å². The molecule has 1 heterocycles. The number of rotatable bonds is 3. The molecule has 3 nitrogen and oxygen atoms in total. The van der Waals surface area contributed by atoms with Gasteiger partial charge in [-0.2, -0.15) is 0 Å². The molecule has 126 valence electrons. The van der Waals surface area contributed by atoms with E-state index in [1.54, 1.807) is 12.1 Å². The van der Waals surface area contributed by atoms with Crippen molar-refractivity contribution in [1.82, 2.24) is 0 Å². The van der Waals surface area contributed by atoms with Crippen molar-refractivity contribution in [3.63, 3.8) is 0 Å². The molecule has 6 heteroatoms. The van der Waals surface area contributed by atoms with Crippen LogP contribution < -0.4 is 10.0 Å². The van der Waals surface area contributed by atoms with Crippen molar-refractivity contribution >= 4 is 20.1 Å². The number of fused-ring (bicyclic) bond motifs is 1. The third-order valence-electron chi connectivity index (χ3n) is 3.93. The van der Waals surface area contributed by atoms with Crippen LogP contribution in [0.4, 0.5) is 8.78 Å². The summed E-state index contributed by atoms with van der Waals surface area (Å²) in [5, 5.41) is 19.2. The summed E-state index contributed by atoms with van der Waals surface area (Å²) in [5.74, 6) is -0.779. The van der Waals surface area contributed by atoms with Crippen LogP contribution in [-0.2, 0) is 6.42 Å². The molecule has 0 saturated heterocycles. The summed E-state index contributed by atoms with van der Waals surface area (Å²) in [5.41, 5.74) is 1.73. The van der Waals surface area contributed by atoms with E-state index in [0.29, 0.717) is 17.5 Å². The van der Waals surface area contributed by atoms with Gasteiger partial charge in [0, 0.05) is 5.56 Å². The largest absolute Gasteiger partial charge is 0.490 e. The molecule has 0 amide bonds. The molecule has 0 spiro atoms. The minimum atomic E-state index is -1.77. The first-order chi connectivity index (χ1) is 11.5. The number of aryl methyl sites for hydroxylation is 1. The molecule has 1 aliphatic rings. The zero-order valence-electron chi connectivity index (χ0n) is 12.8. The molecule has 2 aromatic rings. The lowest BCUT2D eigenvalue weighted by Crippen LogP contribution is -2.13. The fourth-order valence-electron chi connectivity index (χ4n) is 2.85. The van der Waals surface area contributed by atoms with E-state index in [0.717, 1.165) is 24.5 Å². The second-order valence-corrected chi connectivity index (χ2v) is 6.21. The van der Waals surface area contributed by atoms with E-state index in [1.165, 1.54) is 18.2 Å². The van der Waals surface area contributed by atoms with E-state index < -0.39 is 17.9 Å². The minimum absolute atomic E-state index is 0.180. The minimum Gasteiger partial charge on any atom is -0.490 e. The quantitative estimate of drug-likeness (QED) is 0.661. The molecule has 1 aliphatic heterocycles. The highest BCUT2D eigenvalue weighted by atomic mass is 31.0. The second kappa shape index (κ2) is 6.98. The van der Waals surface area contributed by atoms with Crippen LogP contribution in [0, 0.1) is 11.6 Å². The van der Waals surface area contributed by atoms with Crippen LogP contribution in [0.1, 0.15) is 23.1 Å². The molecule has 0 aliphatic carbocycles. The van der Waals surface area contributed by atoms with Crippen molar-refractivity contribution in [3.8, 4) is 5.75 Å². The highest BCUT2D eigenvalue weighted by Crippen LogP contribution is 2.35. The molecule has 24 heavy (non-hydrogen) atoms. The number of hydrogen-bond acceptors (Lipinski definition) is 3. The van der Waals surface area contributed by atoms with E-state index in [-0.39, 0.29) is 16.9 Å². The van der Waals surface area contributed by atoms with Gasteiger partial charge in [-0.25, -0.2) is 8.78 Å². The molecule has 0 fully saturated rings. The summed E-state index contributed by atoms with van der Waals surface area (Å²) < 4.78 is 33.7. The number of benzene rings is 2. The Bertz CT molecular complexity index is 803. The third-order valence-corrected chi connectivity index (χ3v) is 4.40. The lowest BCUT2D eigenvalue weighted by molar-refractivity contribution is 0.00280. The van der Waals surface area contributed by atoms with E-state index in [1.807, 2.05) is 0 Å². The van der Waals surface area contributed by atoms with Gasteiger partial charge in [0.15, 0.2) is 17.9 Å². The van der Waals surface area contributed by atoms with Gasteiger partial charge in [0.2, 0.25) is 0 Å². The molecular weight excluding hydrogens is 333 g/mol. The lowest BCUT2D eigenvalue weighted by Gasteiger charge is -2.21. The third kappa shape index (κ3) is 3.34. The van der Waals surface area contributed by atoms with E-state index in [9.17, 15) is 19.0 Å². The van der Waals surface area contributed by atoms with Crippen LogP contribution in [0.15, 0.2) is 36.4 Å². The molecule has 0 saturated carbocycles. The molecule has 2 N–H and O–H groups in total. The SMILES string of the molecule is OC(O)/C=C(/c1ccc(F)cc1P)c1ccc2c(c1F)OCCC2. The Hall–Kier alpha value is -1.81. The Kier molecular flexibility index (Phi) is 4.95. The van der Waals surface area contributed by atoms with Crippen molar-refractivity contribution < 1.29 is 23.7 Å². The number of ether oxygens (including phenoxy) is 1. The average Bonchev–Trinajstić information content (AvgIpc) is 2.54. The van der Waals surface area contributed by atoms with E-state index >= 15 is 0 Å². The zero-order valence-corrected chi connectivity index (χ0v) is 14.0. The molecule has 0 aromatic heterocycles. The van der Waals surface area contributed by atoms with Crippen molar-refractivity contribution in [1.29, 1.82) is 0 Å². The highest BCUT2D eigenvalue weighted by molar-refractivity contribution is 7.27. The Labute approximate surface area is 140 Å². The van der Waals surface area contributed by atoms with Crippen LogP contribution in [-0.4, -0.2) is 23.1 Å². The van der Waals surface area contributed by atoms with Gasteiger partial charge in [-0.3, -0.25) is 0 Å². The van der Waals surface area contributed by atoms with Crippen molar-refractivity contribution in [3.05, 3.63) is 64.7 Å². The van der Waals surface area contributed by atoms with Crippen LogP contribution in [0.25, 0.3) is 5.57 Å². The summed E-state index contributed by atoms with van der Waals surface area (Å²) in [6, 6.07) is 7.37. The summed E-state index contributed by atoms with van der Waals surface area (Å²) in [6.07, 6.45) is 0.914. The Morgan fingerprint density at radius 3 is 2.62 bits per heavy atom. The maximum absolute atomic E-state index is 14.9. The van der Waals surface area contributed by atoms with Gasteiger partial charge in [0.1, 0.15) is 5.82 Å². The standard InChI is InChI=1S/C18H17F2O3P/c19-11-4-6-12(15(24)8-11)14(9-16(21)22)13-5-3-10-2-1-7-23-18(10)17(13)20/h3-6,8-9,16,21-22H,1-2,7,24H2/b14-9-. The van der Waals surface area contributed by atoms with Crippen molar-refractivity contribution in [2.75, 3.05) is 6.61 Å². The fourth-order valence-corrected chi connectivity index (χ4v) is 3.26. The van der Waals surface area contributed by atoms with Gasteiger partial charge in [0.25, 0.3) is 0 Å². The molecule has 1 atom stereocenters. The highest BCUT2D eigenvalue weighted by Gasteiger charge is 2.22. The fraction of sp³-hybridized carbons (Fsp3) is 0.222. The molecule has 0 radical (unpaired) electrons. The topological polar surface area (TPSA) is 49.7 Å². The zero-order chi connectivity index (χ0) is 17.3. The monoisotopic (exact) mass is 350 g/mol. The van der Waals surface area contributed by atoms with Gasteiger partial charge in [-0.15, -0.1) is 9.24 Å². The molecule has 2 aromatic carbocycles. The number of aliphatic hydroxyl groups is 2. The molecular formula is C18H17F2O3P. The first-order valence-electron chi connectivity index (χ1n) is 7.55. The molecule has 1 unspecified atom stereocenters. The van der Waals surface area contributed by atoms with Gasteiger partial charge in [-0.1, -0.05) is 18.2 Å². The number of hydrogen-bond donors (Lipinski definition) is 2. The van der Waals surface area contributed by atoms with Crippen LogP contribution in [0.2, 0.25) is 0 Å². The molecule has 0 bridgehead atoms. The first kappa shape index (κ1) is 17.0. The van der Waals surface area contributed by atoms with Gasteiger partial charge >= 0.3 is 0 Å². The number of halogens is 2. The Morgan fingerprint density at radius 2 is 1.92 bits per heavy atom. The predicted molar refractivity (Wildman–Crippen MR) is 91.3 cm³/mol. The Morgan fingerprint density at radius 1 is 1.17 bits per heavy atom. The Balaban J connectivity index is 2.17. The summed E-state index contributed by atoms with van der Waals surface area (Å²) in [6.45, 7) is 0.445. The second-order valence-electron chi connectivity index (χ2n) is 5.59. The van der Waals surface area contributed by atoms with Crippen LogP contribution in [0.3, 0.4) is 0 Å². The summed E-state index contributed by atoms with van der Waals surface area (Å²) in [4.78, 5) is 0. The number of aliphatic hydroxyl groups excluding tert-OH is 1. The van der Waals surface area contributed by atoms with Gasteiger partial charge < -0.3 is 14.9 Å². The van der Waals surface area contributed by atoms with E-state index in [4.69, 9.17) is 4.74 Å². The molecule has 3 rings (SSSR count). The van der Waals surface area contributed by atoms with Crippen LogP contribution >= 0.6 is 9.24 Å². The van der Waals surface area contributed by atoms with Crippen molar-refractivity contribution in [2.24, 2.45) is 0 Å². The first-order valence-corrected chi connectivity index (χ1v) is 8.13. The summed E-state index contributed by atoms with van der Waals surface area (Å²) in [7, 11) is 2.37. The smallest absolute Gasteiger partial charge is 0.173 e. The van der Waals surface area contributed by atoms with Crippen molar-refractivity contribution in [2.45, 2.75) is 19.1 Å². The summed E-state index contributed by atoms with van der Waals surface area (Å²) >= 11 is 0. The van der Waals surface area contributed by atoms with Gasteiger partial charge in [0.05, 0.1) is 6.61 Å².